The number of hydrogen-bond acceptors (Lipinski definition) is 2. The van der Waals surface area contributed by atoms with Crippen molar-refractivity contribution in [3.63, 3.8) is 0 Å². The van der Waals surface area contributed by atoms with Crippen molar-refractivity contribution in [1.82, 2.24) is 10.3 Å². The minimum absolute atomic E-state index is 0.232. The van der Waals surface area contributed by atoms with E-state index < -0.39 is 0 Å². The number of aryl methyl sites for hydroxylation is 2. The number of pyridine rings is 1. The molecular formula is C12H18N2. The maximum atomic E-state index is 4.35. The minimum atomic E-state index is 0.232. The molecule has 0 aliphatic heterocycles. The summed E-state index contributed by atoms with van der Waals surface area (Å²) in [5.74, 6) is 0. The Kier molecular flexibility index (Phi) is 3.42. The molecule has 0 fully saturated rings. The van der Waals surface area contributed by atoms with Gasteiger partial charge in [-0.3, -0.25) is 4.98 Å². The van der Waals surface area contributed by atoms with Gasteiger partial charge in [0.2, 0.25) is 0 Å². The van der Waals surface area contributed by atoms with Crippen LogP contribution < -0.4 is 5.32 Å². The highest BCUT2D eigenvalue weighted by Crippen LogP contribution is 2.20. The van der Waals surface area contributed by atoms with Gasteiger partial charge in [-0.1, -0.05) is 12.2 Å². The van der Waals surface area contributed by atoms with Gasteiger partial charge in [-0.2, -0.15) is 0 Å². The minimum Gasteiger partial charge on any atom is -0.310 e. The van der Waals surface area contributed by atoms with E-state index in [9.17, 15) is 0 Å². The van der Waals surface area contributed by atoms with Crippen LogP contribution in [0.4, 0.5) is 0 Å². The van der Waals surface area contributed by atoms with Crippen LogP contribution in [-0.2, 0) is 0 Å². The van der Waals surface area contributed by atoms with E-state index in [1.807, 2.05) is 27.8 Å². The molecule has 0 spiro atoms. The molecule has 1 N–H and O–H groups in total. The van der Waals surface area contributed by atoms with E-state index in [-0.39, 0.29) is 6.04 Å². The van der Waals surface area contributed by atoms with Crippen molar-refractivity contribution in [2.75, 3.05) is 7.05 Å². The van der Waals surface area contributed by atoms with Crippen molar-refractivity contribution in [3.8, 4) is 0 Å². The van der Waals surface area contributed by atoms with Gasteiger partial charge in [-0.05, 0) is 45.5 Å². The largest absolute Gasteiger partial charge is 0.310 e. The van der Waals surface area contributed by atoms with Crippen LogP contribution in [0.25, 0.3) is 0 Å². The average Bonchev–Trinajstić information content (AvgIpc) is 2.02. The van der Waals surface area contributed by atoms with Crippen LogP contribution in [0.1, 0.15) is 29.9 Å². The SMILES string of the molecule is C=C(C)C(NC)c1cc(C)nc(C)c1. The van der Waals surface area contributed by atoms with Crippen molar-refractivity contribution in [3.05, 3.63) is 41.2 Å². The van der Waals surface area contributed by atoms with Gasteiger partial charge in [0.25, 0.3) is 0 Å². The molecule has 1 heterocycles. The van der Waals surface area contributed by atoms with E-state index in [0.29, 0.717) is 0 Å². The van der Waals surface area contributed by atoms with Gasteiger partial charge in [0.1, 0.15) is 0 Å². The van der Waals surface area contributed by atoms with Gasteiger partial charge in [-0.25, -0.2) is 0 Å². The summed E-state index contributed by atoms with van der Waals surface area (Å²) in [5.41, 5.74) is 4.48. The van der Waals surface area contributed by atoms with Crippen LogP contribution in [0.15, 0.2) is 24.3 Å². The van der Waals surface area contributed by atoms with E-state index in [1.165, 1.54) is 5.56 Å². The normalized spacial score (nSPS) is 12.6. The van der Waals surface area contributed by atoms with Gasteiger partial charge in [0.05, 0.1) is 6.04 Å². The highest BCUT2D eigenvalue weighted by molar-refractivity contribution is 5.28. The van der Waals surface area contributed by atoms with Crippen molar-refractivity contribution in [2.24, 2.45) is 0 Å². The summed E-state index contributed by atoms with van der Waals surface area (Å²) in [6.07, 6.45) is 0. The summed E-state index contributed by atoms with van der Waals surface area (Å²) in [7, 11) is 1.95. The van der Waals surface area contributed by atoms with Crippen LogP contribution in [0.5, 0.6) is 0 Å². The summed E-state index contributed by atoms with van der Waals surface area (Å²) in [6, 6.07) is 4.43. The zero-order valence-electron chi connectivity index (χ0n) is 9.39. The molecule has 0 amide bonds. The Hall–Kier alpha value is -1.15. The Morgan fingerprint density at radius 2 is 1.86 bits per heavy atom. The second kappa shape index (κ2) is 4.38. The molecular weight excluding hydrogens is 172 g/mol. The zero-order valence-corrected chi connectivity index (χ0v) is 9.39. The third kappa shape index (κ3) is 2.42. The predicted octanol–water partition coefficient (Wildman–Crippen LogP) is 2.54. The molecule has 0 radical (unpaired) electrons. The van der Waals surface area contributed by atoms with Crippen molar-refractivity contribution >= 4 is 0 Å². The Labute approximate surface area is 86.1 Å². The molecule has 0 aromatic carbocycles. The third-order valence-corrected chi connectivity index (χ3v) is 2.22. The molecule has 0 aliphatic rings. The monoisotopic (exact) mass is 190 g/mol. The Balaban J connectivity index is 3.10. The number of hydrogen-bond donors (Lipinski definition) is 1. The molecule has 14 heavy (non-hydrogen) atoms. The van der Waals surface area contributed by atoms with Crippen LogP contribution in [-0.4, -0.2) is 12.0 Å². The van der Waals surface area contributed by atoms with Crippen LogP contribution in [0.3, 0.4) is 0 Å². The van der Waals surface area contributed by atoms with Crippen molar-refractivity contribution in [1.29, 1.82) is 0 Å². The summed E-state index contributed by atoms with van der Waals surface area (Å²) in [4.78, 5) is 4.35. The molecule has 1 rings (SSSR count). The first-order chi connectivity index (χ1) is 6.54. The molecule has 1 unspecified atom stereocenters. The van der Waals surface area contributed by atoms with Gasteiger partial charge < -0.3 is 5.32 Å². The summed E-state index contributed by atoms with van der Waals surface area (Å²) < 4.78 is 0. The predicted molar refractivity (Wildman–Crippen MR) is 60.3 cm³/mol. The van der Waals surface area contributed by atoms with E-state index in [1.54, 1.807) is 0 Å². The summed E-state index contributed by atoms with van der Waals surface area (Å²) in [5, 5.41) is 3.24. The lowest BCUT2D eigenvalue weighted by atomic mass is 10.0. The van der Waals surface area contributed by atoms with E-state index in [4.69, 9.17) is 0 Å². The molecule has 2 nitrogen and oxygen atoms in total. The maximum Gasteiger partial charge on any atom is 0.0529 e. The molecule has 0 aliphatic carbocycles. The van der Waals surface area contributed by atoms with Gasteiger partial charge in [0, 0.05) is 11.4 Å². The van der Waals surface area contributed by atoms with Crippen LogP contribution in [0.2, 0.25) is 0 Å². The molecule has 1 aromatic rings. The van der Waals surface area contributed by atoms with E-state index in [2.05, 4.69) is 29.0 Å². The lowest BCUT2D eigenvalue weighted by Crippen LogP contribution is -2.17. The number of nitrogens with one attached hydrogen (secondary N) is 1. The molecule has 1 atom stereocenters. The highest BCUT2D eigenvalue weighted by atomic mass is 14.9. The summed E-state index contributed by atoms with van der Waals surface area (Å²) >= 11 is 0. The maximum absolute atomic E-state index is 4.35. The van der Waals surface area contributed by atoms with Gasteiger partial charge in [-0.15, -0.1) is 0 Å². The van der Waals surface area contributed by atoms with Crippen molar-refractivity contribution in [2.45, 2.75) is 26.8 Å². The quantitative estimate of drug-likeness (QED) is 0.741. The van der Waals surface area contributed by atoms with Gasteiger partial charge >= 0.3 is 0 Å². The average molecular weight is 190 g/mol. The lowest BCUT2D eigenvalue weighted by molar-refractivity contribution is 0.677. The first-order valence-electron chi connectivity index (χ1n) is 4.82. The number of likely N-dealkylation sites (N-methyl/N-ethyl adjacent to an activating group) is 1. The standard InChI is InChI=1S/C12H18N2/c1-8(2)12(13-5)11-6-9(3)14-10(4)7-11/h6-7,12-13H,1H2,2-5H3. The molecule has 0 saturated heterocycles. The Morgan fingerprint density at radius 1 is 1.36 bits per heavy atom. The Morgan fingerprint density at radius 3 is 2.21 bits per heavy atom. The number of nitrogens with zero attached hydrogens (tertiary/aromatic N) is 1. The molecule has 0 bridgehead atoms. The first-order valence-corrected chi connectivity index (χ1v) is 4.82. The fraction of sp³-hybridized carbons (Fsp3) is 0.417. The second-order valence-electron chi connectivity index (χ2n) is 3.75. The van der Waals surface area contributed by atoms with Gasteiger partial charge in [0.15, 0.2) is 0 Å². The van der Waals surface area contributed by atoms with E-state index >= 15 is 0 Å². The third-order valence-electron chi connectivity index (χ3n) is 2.22. The van der Waals surface area contributed by atoms with Crippen molar-refractivity contribution < 1.29 is 0 Å². The fourth-order valence-corrected chi connectivity index (χ4v) is 1.73. The zero-order chi connectivity index (χ0) is 10.7. The first kappa shape index (κ1) is 10.9. The fourth-order valence-electron chi connectivity index (χ4n) is 1.73. The molecule has 76 valence electrons. The van der Waals surface area contributed by atoms with Crippen LogP contribution >= 0.6 is 0 Å². The molecule has 0 saturated carbocycles. The highest BCUT2D eigenvalue weighted by Gasteiger charge is 2.10. The smallest absolute Gasteiger partial charge is 0.0529 e. The second-order valence-corrected chi connectivity index (χ2v) is 3.75. The lowest BCUT2D eigenvalue weighted by Gasteiger charge is -2.17. The number of aromatic nitrogens is 1. The molecule has 2 heteroatoms. The topological polar surface area (TPSA) is 24.9 Å². The number of rotatable bonds is 3. The molecule has 1 aromatic heterocycles. The Bertz CT molecular complexity index is 322. The van der Waals surface area contributed by atoms with Crippen LogP contribution in [0, 0.1) is 13.8 Å². The summed E-state index contributed by atoms with van der Waals surface area (Å²) in [6.45, 7) is 10.0. The van der Waals surface area contributed by atoms with E-state index in [0.717, 1.165) is 17.0 Å².